The van der Waals surface area contributed by atoms with Crippen LogP contribution in [0.2, 0.25) is 5.02 Å². The SMILES string of the molecule is NC1CC2CCC(C1)N2Cc1cccc(Cl)c1F. The topological polar surface area (TPSA) is 29.3 Å². The molecule has 1 aromatic rings. The average Bonchev–Trinajstić information content (AvgIpc) is 2.58. The molecule has 98 valence electrons. The summed E-state index contributed by atoms with van der Waals surface area (Å²) in [4.78, 5) is 2.41. The summed E-state index contributed by atoms with van der Waals surface area (Å²) < 4.78 is 13.9. The predicted molar refractivity (Wildman–Crippen MR) is 71.0 cm³/mol. The van der Waals surface area contributed by atoms with Crippen molar-refractivity contribution in [2.45, 2.75) is 50.4 Å². The molecule has 4 heteroatoms. The van der Waals surface area contributed by atoms with E-state index in [9.17, 15) is 4.39 Å². The number of hydrogen-bond donors (Lipinski definition) is 1. The van der Waals surface area contributed by atoms with Gasteiger partial charge in [0.2, 0.25) is 0 Å². The van der Waals surface area contributed by atoms with Crippen LogP contribution >= 0.6 is 11.6 Å². The lowest BCUT2D eigenvalue weighted by atomic mass is 9.97. The fourth-order valence-corrected chi connectivity index (χ4v) is 3.64. The molecule has 2 aliphatic rings. The molecule has 2 atom stereocenters. The van der Waals surface area contributed by atoms with Crippen LogP contribution in [0.5, 0.6) is 0 Å². The molecular formula is C14H18ClFN2. The Bertz CT molecular complexity index is 437. The Hall–Kier alpha value is -0.640. The van der Waals surface area contributed by atoms with Gasteiger partial charge in [0.05, 0.1) is 5.02 Å². The van der Waals surface area contributed by atoms with Gasteiger partial charge >= 0.3 is 0 Å². The van der Waals surface area contributed by atoms with E-state index < -0.39 is 0 Å². The second-order valence-electron chi connectivity index (χ2n) is 5.50. The molecule has 0 aliphatic carbocycles. The zero-order valence-electron chi connectivity index (χ0n) is 10.3. The Kier molecular flexibility index (Phi) is 3.31. The van der Waals surface area contributed by atoms with Gasteiger partial charge in [-0.25, -0.2) is 4.39 Å². The van der Waals surface area contributed by atoms with Gasteiger partial charge < -0.3 is 5.73 Å². The molecule has 0 aromatic heterocycles. The van der Waals surface area contributed by atoms with E-state index in [1.165, 1.54) is 12.8 Å². The van der Waals surface area contributed by atoms with Gasteiger partial charge in [-0.1, -0.05) is 23.7 Å². The highest BCUT2D eigenvalue weighted by Gasteiger charge is 2.39. The number of benzene rings is 1. The molecule has 0 spiro atoms. The summed E-state index contributed by atoms with van der Waals surface area (Å²) in [5.41, 5.74) is 6.75. The monoisotopic (exact) mass is 268 g/mol. The third-order valence-corrected chi connectivity index (χ3v) is 4.60. The minimum absolute atomic E-state index is 0.216. The van der Waals surface area contributed by atoms with Crippen molar-refractivity contribution in [1.29, 1.82) is 0 Å². The maximum absolute atomic E-state index is 13.9. The Morgan fingerprint density at radius 2 is 1.94 bits per heavy atom. The van der Waals surface area contributed by atoms with Crippen molar-refractivity contribution in [1.82, 2.24) is 4.90 Å². The van der Waals surface area contributed by atoms with Gasteiger partial charge in [-0.2, -0.15) is 0 Å². The van der Waals surface area contributed by atoms with E-state index in [2.05, 4.69) is 4.90 Å². The van der Waals surface area contributed by atoms with Crippen LogP contribution in [-0.2, 0) is 6.54 Å². The number of rotatable bonds is 2. The number of hydrogen-bond acceptors (Lipinski definition) is 2. The number of nitrogens with two attached hydrogens (primary N) is 1. The molecular weight excluding hydrogens is 251 g/mol. The summed E-state index contributed by atoms with van der Waals surface area (Å²) in [5, 5.41) is 0.216. The number of fused-ring (bicyclic) bond motifs is 2. The fraction of sp³-hybridized carbons (Fsp3) is 0.571. The lowest BCUT2D eigenvalue weighted by Gasteiger charge is -2.37. The molecule has 3 rings (SSSR count). The second kappa shape index (κ2) is 4.80. The molecule has 2 aliphatic heterocycles. The van der Waals surface area contributed by atoms with Gasteiger partial charge in [-0.15, -0.1) is 0 Å². The molecule has 2 N–H and O–H groups in total. The van der Waals surface area contributed by atoms with Crippen LogP contribution in [-0.4, -0.2) is 23.0 Å². The predicted octanol–water partition coefficient (Wildman–Crippen LogP) is 2.93. The lowest BCUT2D eigenvalue weighted by molar-refractivity contribution is 0.118. The lowest BCUT2D eigenvalue weighted by Crippen LogP contribution is -2.46. The fourth-order valence-electron chi connectivity index (χ4n) is 3.44. The van der Waals surface area contributed by atoms with Crippen LogP contribution in [0.15, 0.2) is 18.2 Å². The molecule has 2 saturated heterocycles. The van der Waals surface area contributed by atoms with Gasteiger partial charge in [0, 0.05) is 30.2 Å². The minimum Gasteiger partial charge on any atom is -0.328 e. The van der Waals surface area contributed by atoms with Crippen molar-refractivity contribution in [2.75, 3.05) is 0 Å². The average molecular weight is 269 g/mol. The summed E-state index contributed by atoms with van der Waals surface area (Å²) in [6, 6.07) is 6.62. The van der Waals surface area contributed by atoms with Gasteiger partial charge in [0.15, 0.2) is 0 Å². The van der Waals surface area contributed by atoms with Gasteiger partial charge in [0.1, 0.15) is 5.82 Å². The van der Waals surface area contributed by atoms with Crippen molar-refractivity contribution in [3.05, 3.63) is 34.6 Å². The first kappa shape index (κ1) is 12.4. The van der Waals surface area contributed by atoms with E-state index >= 15 is 0 Å². The third-order valence-electron chi connectivity index (χ3n) is 4.31. The number of nitrogens with zero attached hydrogens (tertiary/aromatic N) is 1. The van der Waals surface area contributed by atoms with Crippen LogP contribution in [0, 0.1) is 5.82 Å². The van der Waals surface area contributed by atoms with Crippen molar-refractivity contribution >= 4 is 11.6 Å². The quantitative estimate of drug-likeness (QED) is 0.894. The van der Waals surface area contributed by atoms with E-state index in [-0.39, 0.29) is 10.8 Å². The first-order valence-corrected chi connectivity index (χ1v) is 6.97. The van der Waals surface area contributed by atoms with Crippen molar-refractivity contribution in [2.24, 2.45) is 5.73 Å². The summed E-state index contributed by atoms with van der Waals surface area (Å²) in [6.45, 7) is 0.661. The van der Waals surface area contributed by atoms with Gasteiger partial charge in [-0.3, -0.25) is 4.90 Å². The zero-order valence-corrected chi connectivity index (χ0v) is 11.0. The molecule has 2 fully saturated rings. The van der Waals surface area contributed by atoms with Crippen LogP contribution in [0.1, 0.15) is 31.2 Å². The van der Waals surface area contributed by atoms with Crippen LogP contribution in [0.25, 0.3) is 0 Å². The Balaban J connectivity index is 1.79. The van der Waals surface area contributed by atoms with Gasteiger partial charge in [0.25, 0.3) is 0 Å². The molecule has 0 radical (unpaired) electrons. The third kappa shape index (κ3) is 2.15. The van der Waals surface area contributed by atoms with Crippen LogP contribution in [0.4, 0.5) is 4.39 Å². The normalized spacial score (nSPS) is 31.8. The van der Waals surface area contributed by atoms with Crippen molar-refractivity contribution in [3.63, 3.8) is 0 Å². The zero-order chi connectivity index (χ0) is 12.7. The summed E-state index contributed by atoms with van der Waals surface area (Å²) in [6.07, 6.45) is 4.47. The molecule has 18 heavy (non-hydrogen) atoms. The second-order valence-corrected chi connectivity index (χ2v) is 5.91. The Morgan fingerprint density at radius 3 is 2.61 bits per heavy atom. The number of piperidine rings is 1. The highest BCUT2D eigenvalue weighted by molar-refractivity contribution is 6.30. The summed E-state index contributed by atoms with van der Waals surface area (Å²) in [7, 11) is 0. The van der Waals surface area contributed by atoms with Crippen molar-refractivity contribution < 1.29 is 4.39 Å². The van der Waals surface area contributed by atoms with Crippen LogP contribution in [0.3, 0.4) is 0 Å². The van der Waals surface area contributed by atoms with Gasteiger partial charge in [-0.05, 0) is 31.7 Å². The highest BCUT2D eigenvalue weighted by atomic mass is 35.5. The van der Waals surface area contributed by atoms with E-state index in [0.717, 1.165) is 12.8 Å². The first-order chi connectivity index (χ1) is 8.65. The minimum atomic E-state index is -0.270. The highest BCUT2D eigenvalue weighted by Crippen LogP contribution is 2.36. The molecule has 0 amide bonds. The van der Waals surface area contributed by atoms with Crippen molar-refractivity contribution in [3.8, 4) is 0 Å². The smallest absolute Gasteiger partial charge is 0.146 e. The maximum atomic E-state index is 13.9. The molecule has 0 saturated carbocycles. The maximum Gasteiger partial charge on any atom is 0.146 e. The number of halogens is 2. The molecule has 2 unspecified atom stereocenters. The van der Waals surface area contributed by atoms with E-state index in [1.54, 1.807) is 6.07 Å². The van der Waals surface area contributed by atoms with Crippen LogP contribution < -0.4 is 5.73 Å². The Labute approximate surface area is 112 Å². The molecule has 2 heterocycles. The standard InChI is InChI=1S/C14H18ClFN2/c15-13-3-1-2-9(14(13)16)8-18-11-4-5-12(18)7-10(17)6-11/h1-3,10-12H,4-8,17H2. The molecule has 1 aromatic carbocycles. The molecule has 2 nitrogen and oxygen atoms in total. The van der Waals surface area contributed by atoms with E-state index in [1.807, 2.05) is 12.1 Å². The van der Waals surface area contributed by atoms with E-state index in [0.29, 0.717) is 30.2 Å². The summed E-state index contributed by atoms with van der Waals surface area (Å²) >= 11 is 5.83. The van der Waals surface area contributed by atoms with E-state index in [4.69, 9.17) is 17.3 Å². The first-order valence-electron chi connectivity index (χ1n) is 6.59. The molecule has 2 bridgehead atoms. The Morgan fingerprint density at radius 1 is 1.28 bits per heavy atom. The largest absolute Gasteiger partial charge is 0.328 e. The summed E-state index contributed by atoms with van der Waals surface area (Å²) in [5.74, 6) is -0.270.